The molecule has 0 unspecified atom stereocenters. The van der Waals surface area contributed by atoms with Crippen LogP contribution in [0.25, 0.3) is 5.57 Å². The molecule has 2 heteroatoms. The lowest BCUT2D eigenvalue weighted by atomic mass is 9.91. The van der Waals surface area contributed by atoms with Gasteiger partial charge in [-0.1, -0.05) is 30.3 Å². The normalized spacial score (nSPS) is 18.3. The molecule has 2 aliphatic rings. The fourth-order valence-corrected chi connectivity index (χ4v) is 2.77. The number of hydrogen-bond donors (Lipinski definition) is 0. The SMILES string of the molecule is O=C1CC=C(CCl)C2=C1Cc1ccccc12. The number of fused-ring (bicyclic) bond motifs is 2. The van der Waals surface area contributed by atoms with Crippen molar-refractivity contribution < 1.29 is 4.79 Å². The molecule has 3 rings (SSSR count). The van der Waals surface area contributed by atoms with Gasteiger partial charge in [0.25, 0.3) is 0 Å². The molecule has 16 heavy (non-hydrogen) atoms. The number of rotatable bonds is 1. The van der Waals surface area contributed by atoms with Gasteiger partial charge in [-0.3, -0.25) is 4.79 Å². The van der Waals surface area contributed by atoms with Crippen molar-refractivity contribution in [3.63, 3.8) is 0 Å². The number of allylic oxidation sites excluding steroid dienone is 4. The Morgan fingerprint density at radius 3 is 2.88 bits per heavy atom. The smallest absolute Gasteiger partial charge is 0.163 e. The maximum absolute atomic E-state index is 11.9. The first kappa shape index (κ1) is 9.86. The van der Waals surface area contributed by atoms with Gasteiger partial charge in [0.1, 0.15) is 0 Å². The Kier molecular flexibility index (Phi) is 2.22. The molecule has 0 N–H and O–H groups in total. The predicted molar refractivity (Wildman–Crippen MR) is 65.5 cm³/mol. The van der Waals surface area contributed by atoms with E-state index in [1.807, 2.05) is 18.2 Å². The van der Waals surface area contributed by atoms with E-state index in [9.17, 15) is 4.79 Å². The van der Waals surface area contributed by atoms with Crippen LogP contribution in [0.1, 0.15) is 17.5 Å². The van der Waals surface area contributed by atoms with Crippen molar-refractivity contribution in [1.29, 1.82) is 0 Å². The van der Waals surface area contributed by atoms with Crippen LogP contribution in [0.5, 0.6) is 0 Å². The third-order valence-electron chi connectivity index (χ3n) is 3.29. The van der Waals surface area contributed by atoms with Crippen molar-refractivity contribution in [1.82, 2.24) is 0 Å². The summed E-state index contributed by atoms with van der Waals surface area (Å²) in [7, 11) is 0. The standard InChI is InChI=1S/C14H11ClO/c15-8-10-5-6-13(16)12-7-9-3-1-2-4-11(9)14(10)12/h1-5H,6-8H2. The van der Waals surface area contributed by atoms with Gasteiger partial charge in [0.05, 0.1) is 0 Å². The van der Waals surface area contributed by atoms with E-state index in [2.05, 4.69) is 12.1 Å². The monoisotopic (exact) mass is 230 g/mol. The summed E-state index contributed by atoms with van der Waals surface area (Å²) < 4.78 is 0. The van der Waals surface area contributed by atoms with E-state index in [0.29, 0.717) is 12.3 Å². The van der Waals surface area contributed by atoms with Gasteiger partial charge in [-0.2, -0.15) is 0 Å². The minimum Gasteiger partial charge on any atom is -0.294 e. The fraction of sp³-hybridized carbons (Fsp3) is 0.214. The van der Waals surface area contributed by atoms with Crippen molar-refractivity contribution in [2.45, 2.75) is 12.8 Å². The number of hydrogen-bond acceptors (Lipinski definition) is 1. The zero-order chi connectivity index (χ0) is 11.1. The van der Waals surface area contributed by atoms with Crippen LogP contribution in [0, 0.1) is 0 Å². The summed E-state index contributed by atoms with van der Waals surface area (Å²) in [4.78, 5) is 11.9. The molecule has 0 bridgehead atoms. The van der Waals surface area contributed by atoms with E-state index < -0.39 is 0 Å². The van der Waals surface area contributed by atoms with Gasteiger partial charge in [0.15, 0.2) is 5.78 Å². The van der Waals surface area contributed by atoms with Crippen LogP contribution < -0.4 is 0 Å². The van der Waals surface area contributed by atoms with Gasteiger partial charge < -0.3 is 0 Å². The Labute approximate surface area is 99.4 Å². The highest BCUT2D eigenvalue weighted by Gasteiger charge is 2.29. The first-order valence-electron chi connectivity index (χ1n) is 5.41. The molecular formula is C14H11ClO. The summed E-state index contributed by atoms with van der Waals surface area (Å²) in [6.45, 7) is 0. The third kappa shape index (κ3) is 1.28. The van der Waals surface area contributed by atoms with E-state index in [4.69, 9.17) is 11.6 Å². The first-order valence-corrected chi connectivity index (χ1v) is 5.94. The van der Waals surface area contributed by atoms with Crippen molar-refractivity contribution in [2.24, 2.45) is 0 Å². The molecular weight excluding hydrogens is 220 g/mol. The molecule has 0 spiro atoms. The molecule has 80 valence electrons. The molecule has 0 aromatic heterocycles. The molecule has 0 atom stereocenters. The number of carbonyl (C=O) groups is 1. The van der Waals surface area contributed by atoms with Crippen molar-refractivity contribution >= 4 is 23.0 Å². The first-order chi connectivity index (χ1) is 7.81. The van der Waals surface area contributed by atoms with Crippen molar-refractivity contribution in [3.05, 3.63) is 52.6 Å². The quantitative estimate of drug-likeness (QED) is 0.678. The second-order valence-electron chi connectivity index (χ2n) is 4.18. The zero-order valence-corrected chi connectivity index (χ0v) is 9.55. The van der Waals surface area contributed by atoms with Crippen LogP contribution in [0.3, 0.4) is 0 Å². The van der Waals surface area contributed by atoms with Crippen molar-refractivity contribution in [2.75, 3.05) is 5.88 Å². The lowest BCUT2D eigenvalue weighted by molar-refractivity contribution is -0.114. The number of carbonyl (C=O) groups excluding carboxylic acids is 1. The zero-order valence-electron chi connectivity index (χ0n) is 8.79. The van der Waals surface area contributed by atoms with E-state index >= 15 is 0 Å². The molecule has 1 nitrogen and oxygen atoms in total. The van der Waals surface area contributed by atoms with Gasteiger partial charge in [0.2, 0.25) is 0 Å². The maximum Gasteiger partial charge on any atom is 0.163 e. The van der Waals surface area contributed by atoms with Gasteiger partial charge in [-0.25, -0.2) is 0 Å². The van der Waals surface area contributed by atoms with E-state index in [1.54, 1.807) is 0 Å². The molecule has 2 aliphatic carbocycles. The molecule has 1 aromatic rings. The van der Waals surface area contributed by atoms with Gasteiger partial charge in [0, 0.05) is 24.3 Å². The number of Topliss-reactive ketones (excluding diaryl/α,β-unsaturated/α-hetero) is 1. The van der Waals surface area contributed by atoms with Crippen LogP contribution in [0.4, 0.5) is 0 Å². The highest BCUT2D eigenvalue weighted by molar-refractivity contribution is 6.22. The minimum atomic E-state index is 0.250. The average Bonchev–Trinajstić information content (AvgIpc) is 2.70. The Bertz CT molecular complexity index is 537. The van der Waals surface area contributed by atoms with Gasteiger partial charge in [-0.15, -0.1) is 11.6 Å². The topological polar surface area (TPSA) is 17.1 Å². The lowest BCUT2D eigenvalue weighted by Crippen LogP contribution is -2.09. The average molecular weight is 231 g/mol. The van der Waals surface area contributed by atoms with Crippen LogP contribution in [-0.2, 0) is 11.2 Å². The lowest BCUT2D eigenvalue weighted by Gasteiger charge is -2.14. The summed E-state index contributed by atoms with van der Waals surface area (Å²) in [5, 5.41) is 0. The Morgan fingerprint density at radius 2 is 2.06 bits per heavy atom. The van der Waals surface area contributed by atoms with E-state index in [0.717, 1.165) is 23.1 Å². The van der Waals surface area contributed by atoms with Crippen molar-refractivity contribution in [3.8, 4) is 0 Å². The van der Waals surface area contributed by atoms with Crippen LogP contribution in [-0.4, -0.2) is 11.7 Å². The van der Waals surface area contributed by atoms with Gasteiger partial charge in [-0.05, 0) is 22.3 Å². The maximum atomic E-state index is 11.9. The van der Waals surface area contributed by atoms with Crippen LogP contribution >= 0.6 is 11.6 Å². The molecule has 0 aliphatic heterocycles. The summed E-state index contributed by atoms with van der Waals surface area (Å²) in [6, 6.07) is 8.20. The minimum absolute atomic E-state index is 0.250. The Hall–Kier alpha value is -1.34. The molecule has 0 radical (unpaired) electrons. The van der Waals surface area contributed by atoms with E-state index in [1.165, 1.54) is 11.1 Å². The molecule has 0 saturated carbocycles. The number of halogens is 1. The van der Waals surface area contributed by atoms with Crippen LogP contribution in [0.2, 0.25) is 0 Å². The van der Waals surface area contributed by atoms with E-state index in [-0.39, 0.29) is 5.78 Å². The fourth-order valence-electron chi connectivity index (χ4n) is 2.53. The number of ketones is 1. The number of alkyl halides is 1. The highest BCUT2D eigenvalue weighted by atomic mass is 35.5. The van der Waals surface area contributed by atoms with Crippen LogP contribution in [0.15, 0.2) is 41.5 Å². The summed E-state index contributed by atoms with van der Waals surface area (Å²) in [5.74, 6) is 0.737. The summed E-state index contributed by atoms with van der Waals surface area (Å²) in [6.07, 6.45) is 3.25. The highest BCUT2D eigenvalue weighted by Crippen LogP contribution is 2.40. The predicted octanol–water partition coefficient (Wildman–Crippen LogP) is 3.13. The second-order valence-corrected chi connectivity index (χ2v) is 4.45. The Morgan fingerprint density at radius 1 is 1.25 bits per heavy atom. The second kappa shape index (κ2) is 3.60. The largest absolute Gasteiger partial charge is 0.294 e. The number of benzene rings is 1. The molecule has 0 heterocycles. The molecule has 0 amide bonds. The molecule has 0 fully saturated rings. The van der Waals surface area contributed by atoms with Gasteiger partial charge >= 0.3 is 0 Å². The molecule has 1 aromatic carbocycles. The summed E-state index contributed by atoms with van der Waals surface area (Å²) >= 11 is 5.95. The molecule has 0 saturated heterocycles. The summed E-state index contributed by atoms with van der Waals surface area (Å²) in [5.41, 5.74) is 5.61. The third-order valence-corrected chi connectivity index (χ3v) is 3.58. The Balaban J connectivity index is 2.20.